The Bertz CT molecular complexity index is 442. The van der Waals surface area contributed by atoms with Gasteiger partial charge in [0.05, 0.1) is 0 Å². The van der Waals surface area contributed by atoms with E-state index in [9.17, 15) is 4.79 Å². The predicted octanol–water partition coefficient (Wildman–Crippen LogP) is 2.32. The van der Waals surface area contributed by atoms with Crippen LogP contribution in [0.15, 0.2) is 30.3 Å². The second-order valence-electron chi connectivity index (χ2n) is 6.51. The molecule has 1 unspecified atom stereocenters. The van der Waals surface area contributed by atoms with Gasteiger partial charge in [0.25, 0.3) is 0 Å². The summed E-state index contributed by atoms with van der Waals surface area (Å²) in [5, 5.41) is 3.21. The Kier molecular flexibility index (Phi) is 4.81. The standard InChI is InChI=1S/C17H26N2O/c1-17(2,11-14-7-5-4-6-8-14)16(20)19-10-9-15(13-19)12-18-3/h4-8,15,18H,9-13H2,1-3H3. The van der Waals surface area contributed by atoms with E-state index in [0.717, 1.165) is 32.5 Å². The van der Waals surface area contributed by atoms with Crippen LogP contribution in [0.2, 0.25) is 0 Å². The third-order valence-electron chi connectivity index (χ3n) is 4.13. The van der Waals surface area contributed by atoms with Crippen LogP contribution in [0.3, 0.4) is 0 Å². The molecule has 110 valence electrons. The summed E-state index contributed by atoms with van der Waals surface area (Å²) in [7, 11) is 1.98. The number of amides is 1. The van der Waals surface area contributed by atoms with Gasteiger partial charge in [0.15, 0.2) is 0 Å². The van der Waals surface area contributed by atoms with Crippen molar-refractivity contribution in [1.29, 1.82) is 0 Å². The van der Waals surface area contributed by atoms with Crippen LogP contribution >= 0.6 is 0 Å². The SMILES string of the molecule is CNCC1CCN(C(=O)C(C)(C)Cc2ccccc2)C1. The van der Waals surface area contributed by atoms with Crippen LogP contribution in [-0.4, -0.2) is 37.5 Å². The van der Waals surface area contributed by atoms with Gasteiger partial charge in [-0.1, -0.05) is 44.2 Å². The molecule has 1 saturated heterocycles. The van der Waals surface area contributed by atoms with Crippen LogP contribution in [0.4, 0.5) is 0 Å². The number of hydrogen-bond donors (Lipinski definition) is 1. The Morgan fingerprint density at radius 2 is 2.05 bits per heavy atom. The van der Waals surface area contributed by atoms with Crippen molar-refractivity contribution in [3.05, 3.63) is 35.9 Å². The zero-order valence-corrected chi connectivity index (χ0v) is 12.9. The highest BCUT2D eigenvalue weighted by molar-refractivity contribution is 5.82. The molecule has 3 heteroatoms. The number of rotatable bonds is 5. The Hall–Kier alpha value is -1.35. The maximum Gasteiger partial charge on any atom is 0.228 e. The van der Waals surface area contributed by atoms with Crippen LogP contribution in [0, 0.1) is 11.3 Å². The molecule has 1 atom stereocenters. The van der Waals surface area contributed by atoms with E-state index >= 15 is 0 Å². The molecule has 2 rings (SSSR count). The van der Waals surface area contributed by atoms with Gasteiger partial charge in [-0.15, -0.1) is 0 Å². The van der Waals surface area contributed by atoms with Gasteiger partial charge in [0.2, 0.25) is 5.91 Å². The van der Waals surface area contributed by atoms with Crippen molar-refractivity contribution in [2.45, 2.75) is 26.7 Å². The molecule has 1 fully saturated rings. The smallest absolute Gasteiger partial charge is 0.228 e. The minimum Gasteiger partial charge on any atom is -0.342 e. The summed E-state index contributed by atoms with van der Waals surface area (Å²) in [6.45, 7) is 6.94. The minimum absolute atomic E-state index is 0.292. The molecular weight excluding hydrogens is 248 g/mol. The van der Waals surface area contributed by atoms with E-state index in [2.05, 4.69) is 31.3 Å². The molecule has 3 nitrogen and oxygen atoms in total. The van der Waals surface area contributed by atoms with Gasteiger partial charge in [-0.25, -0.2) is 0 Å². The van der Waals surface area contributed by atoms with E-state index in [1.165, 1.54) is 5.56 Å². The first-order valence-electron chi connectivity index (χ1n) is 7.51. The van der Waals surface area contributed by atoms with Gasteiger partial charge < -0.3 is 10.2 Å². The van der Waals surface area contributed by atoms with Gasteiger partial charge in [-0.05, 0) is 37.9 Å². The maximum absolute atomic E-state index is 12.7. The summed E-state index contributed by atoms with van der Waals surface area (Å²) in [5.41, 5.74) is 0.910. The van der Waals surface area contributed by atoms with Crippen molar-refractivity contribution in [1.82, 2.24) is 10.2 Å². The van der Waals surface area contributed by atoms with Crippen molar-refractivity contribution < 1.29 is 4.79 Å². The topological polar surface area (TPSA) is 32.3 Å². The molecule has 1 aromatic carbocycles. The number of likely N-dealkylation sites (tertiary alicyclic amines) is 1. The molecule has 1 amide bonds. The van der Waals surface area contributed by atoms with E-state index < -0.39 is 0 Å². The molecule has 1 aliphatic heterocycles. The average molecular weight is 274 g/mol. The minimum atomic E-state index is -0.324. The summed E-state index contributed by atoms with van der Waals surface area (Å²) in [6.07, 6.45) is 1.92. The van der Waals surface area contributed by atoms with Crippen LogP contribution in [0.5, 0.6) is 0 Å². The lowest BCUT2D eigenvalue weighted by atomic mass is 9.84. The van der Waals surface area contributed by atoms with Crippen molar-refractivity contribution >= 4 is 5.91 Å². The van der Waals surface area contributed by atoms with Crippen LogP contribution < -0.4 is 5.32 Å². The maximum atomic E-state index is 12.7. The lowest BCUT2D eigenvalue weighted by Gasteiger charge is -2.29. The Morgan fingerprint density at radius 1 is 1.35 bits per heavy atom. The Morgan fingerprint density at radius 3 is 2.70 bits per heavy atom. The number of nitrogens with zero attached hydrogens (tertiary/aromatic N) is 1. The highest BCUT2D eigenvalue weighted by atomic mass is 16.2. The number of benzene rings is 1. The lowest BCUT2D eigenvalue weighted by Crippen LogP contribution is -2.41. The van der Waals surface area contributed by atoms with E-state index in [1.807, 2.05) is 30.1 Å². The fourth-order valence-electron chi connectivity index (χ4n) is 3.08. The molecule has 0 radical (unpaired) electrons. The average Bonchev–Trinajstić information content (AvgIpc) is 2.87. The second kappa shape index (κ2) is 6.40. The number of nitrogens with one attached hydrogen (secondary N) is 1. The normalized spacial score (nSPS) is 19.4. The molecule has 1 aromatic rings. The Labute approximate surface area is 122 Å². The van der Waals surface area contributed by atoms with Gasteiger partial charge in [-0.2, -0.15) is 0 Å². The quantitative estimate of drug-likeness (QED) is 0.893. The number of carbonyl (C=O) groups is 1. The summed E-state index contributed by atoms with van der Waals surface area (Å²) in [4.78, 5) is 14.8. The summed E-state index contributed by atoms with van der Waals surface area (Å²) in [6, 6.07) is 10.3. The molecule has 0 saturated carbocycles. The summed E-state index contributed by atoms with van der Waals surface area (Å²) >= 11 is 0. The fraction of sp³-hybridized carbons (Fsp3) is 0.588. The largest absolute Gasteiger partial charge is 0.342 e. The zero-order valence-electron chi connectivity index (χ0n) is 12.9. The lowest BCUT2D eigenvalue weighted by molar-refractivity contribution is -0.139. The third-order valence-corrected chi connectivity index (χ3v) is 4.13. The van der Waals surface area contributed by atoms with E-state index in [0.29, 0.717) is 11.8 Å². The first kappa shape index (κ1) is 15.0. The van der Waals surface area contributed by atoms with Crippen molar-refractivity contribution in [3.63, 3.8) is 0 Å². The fourth-order valence-corrected chi connectivity index (χ4v) is 3.08. The molecule has 0 spiro atoms. The van der Waals surface area contributed by atoms with Crippen LogP contribution in [0.1, 0.15) is 25.8 Å². The van der Waals surface area contributed by atoms with Gasteiger partial charge in [-0.3, -0.25) is 4.79 Å². The first-order valence-corrected chi connectivity index (χ1v) is 7.51. The van der Waals surface area contributed by atoms with Crippen LogP contribution in [0.25, 0.3) is 0 Å². The molecule has 20 heavy (non-hydrogen) atoms. The van der Waals surface area contributed by atoms with Gasteiger partial charge in [0.1, 0.15) is 0 Å². The van der Waals surface area contributed by atoms with Gasteiger partial charge in [0, 0.05) is 18.5 Å². The van der Waals surface area contributed by atoms with Gasteiger partial charge >= 0.3 is 0 Å². The third kappa shape index (κ3) is 3.60. The number of carbonyl (C=O) groups excluding carboxylic acids is 1. The molecule has 0 bridgehead atoms. The zero-order chi connectivity index (χ0) is 14.6. The van der Waals surface area contributed by atoms with Crippen molar-refractivity contribution in [3.8, 4) is 0 Å². The molecule has 1 heterocycles. The van der Waals surface area contributed by atoms with Crippen LogP contribution in [-0.2, 0) is 11.2 Å². The Balaban J connectivity index is 1.97. The molecule has 0 aromatic heterocycles. The second-order valence-corrected chi connectivity index (χ2v) is 6.51. The first-order chi connectivity index (χ1) is 9.53. The molecular formula is C17H26N2O. The predicted molar refractivity (Wildman–Crippen MR) is 82.5 cm³/mol. The summed E-state index contributed by atoms with van der Waals surface area (Å²) < 4.78 is 0. The highest BCUT2D eigenvalue weighted by Gasteiger charge is 2.35. The van der Waals surface area contributed by atoms with E-state index in [-0.39, 0.29) is 5.41 Å². The van der Waals surface area contributed by atoms with Crippen molar-refractivity contribution in [2.24, 2.45) is 11.3 Å². The van der Waals surface area contributed by atoms with Crippen molar-refractivity contribution in [2.75, 3.05) is 26.7 Å². The molecule has 1 aliphatic rings. The molecule has 1 N–H and O–H groups in total. The summed E-state index contributed by atoms with van der Waals surface area (Å²) in [5.74, 6) is 0.899. The van der Waals surface area contributed by atoms with E-state index in [4.69, 9.17) is 0 Å². The highest BCUT2D eigenvalue weighted by Crippen LogP contribution is 2.28. The number of hydrogen-bond acceptors (Lipinski definition) is 2. The van der Waals surface area contributed by atoms with E-state index in [1.54, 1.807) is 0 Å². The molecule has 0 aliphatic carbocycles. The monoisotopic (exact) mass is 274 g/mol.